The van der Waals surface area contributed by atoms with Crippen molar-refractivity contribution in [2.24, 2.45) is 0 Å². The van der Waals surface area contributed by atoms with Crippen LogP contribution in [0, 0.1) is 0 Å². The van der Waals surface area contributed by atoms with E-state index in [0.717, 1.165) is 32.7 Å². The first kappa shape index (κ1) is 21.9. The van der Waals surface area contributed by atoms with Gasteiger partial charge in [0.25, 0.3) is 5.56 Å². The summed E-state index contributed by atoms with van der Waals surface area (Å²) in [4.78, 5) is 35.2. The number of aromatic nitrogens is 2. The summed E-state index contributed by atoms with van der Waals surface area (Å²) in [5, 5.41) is 1.09. The lowest BCUT2D eigenvalue weighted by Crippen LogP contribution is -2.50. The van der Waals surface area contributed by atoms with Gasteiger partial charge < -0.3 is 14.2 Å². The highest BCUT2D eigenvalue weighted by atomic mass is 35.5. The van der Waals surface area contributed by atoms with Crippen molar-refractivity contribution < 1.29 is 9.21 Å². The Labute approximate surface area is 190 Å². The zero-order valence-electron chi connectivity index (χ0n) is 17.6. The number of nitrogens with zero attached hydrogens (tertiary/aromatic N) is 4. The van der Waals surface area contributed by atoms with Crippen LogP contribution in [0.25, 0.3) is 10.9 Å². The topological polar surface area (TPSA) is 71.6 Å². The lowest BCUT2D eigenvalue weighted by atomic mass is 10.2. The summed E-state index contributed by atoms with van der Waals surface area (Å²) in [5.74, 6) is 0.708. The summed E-state index contributed by atoms with van der Waals surface area (Å²) >= 11 is 7.42. The van der Waals surface area contributed by atoms with Gasteiger partial charge in [-0.2, -0.15) is 0 Å². The maximum Gasteiger partial charge on any atom is 0.262 e. The minimum Gasteiger partial charge on any atom is -0.467 e. The molecule has 0 aliphatic carbocycles. The van der Waals surface area contributed by atoms with Gasteiger partial charge in [0.15, 0.2) is 5.16 Å². The highest BCUT2D eigenvalue weighted by Crippen LogP contribution is 2.26. The number of fused-ring (bicyclic) bond motifs is 1. The molecular weight excluding hydrogens is 436 g/mol. The van der Waals surface area contributed by atoms with Crippen molar-refractivity contribution in [3.8, 4) is 0 Å². The van der Waals surface area contributed by atoms with Gasteiger partial charge in [0.05, 0.1) is 29.0 Å². The number of furan rings is 1. The van der Waals surface area contributed by atoms with Gasteiger partial charge in [0.2, 0.25) is 5.91 Å². The Morgan fingerprint density at radius 1 is 1.26 bits per heavy atom. The van der Waals surface area contributed by atoms with Crippen LogP contribution < -0.4 is 5.56 Å². The first-order valence-electron chi connectivity index (χ1n) is 10.4. The summed E-state index contributed by atoms with van der Waals surface area (Å²) in [6, 6.07) is 8.63. The van der Waals surface area contributed by atoms with Gasteiger partial charge >= 0.3 is 0 Å². The fourth-order valence-electron chi connectivity index (χ4n) is 3.71. The zero-order chi connectivity index (χ0) is 22.0. The average Bonchev–Trinajstić information content (AvgIpc) is 3.29. The Balaban J connectivity index is 1.63. The number of amides is 1. The number of thioether (sulfide) groups is 1. The SMILES string of the molecule is CCN1CCN(C(=O)C(C)Sc2nc3cc(Cl)ccc3c(=O)n2Cc2ccco2)CC1. The van der Waals surface area contributed by atoms with Gasteiger partial charge in [-0.1, -0.05) is 30.3 Å². The van der Waals surface area contributed by atoms with E-state index in [4.69, 9.17) is 21.0 Å². The number of halogens is 1. The Morgan fingerprint density at radius 3 is 2.71 bits per heavy atom. The van der Waals surface area contributed by atoms with E-state index in [-0.39, 0.29) is 23.3 Å². The second-order valence-corrected chi connectivity index (χ2v) is 9.29. The summed E-state index contributed by atoms with van der Waals surface area (Å²) < 4.78 is 7.02. The Hall–Kier alpha value is -2.29. The molecule has 1 aromatic carbocycles. The standard InChI is InChI=1S/C22H25ClN4O3S/c1-3-25-8-10-26(11-9-25)20(28)15(2)31-22-24-19-13-16(23)6-7-18(19)21(29)27(22)14-17-5-4-12-30-17/h4-7,12-13,15H,3,8-11,14H2,1-2H3. The molecule has 164 valence electrons. The molecule has 9 heteroatoms. The van der Waals surface area contributed by atoms with Crippen LogP contribution in [-0.4, -0.2) is 63.2 Å². The molecule has 1 unspecified atom stereocenters. The minimum atomic E-state index is -0.375. The maximum absolute atomic E-state index is 13.2. The van der Waals surface area contributed by atoms with Crippen molar-refractivity contribution in [1.29, 1.82) is 0 Å². The van der Waals surface area contributed by atoms with Gasteiger partial charge in [-0.05, 0) is 43.8 Å². The number of hydrogen-bond acceptors (Lipinski definition) is 6. The molecule has 1 atom stereocenters. The largest absolute Gasteiger partial charge is 0.467 e. The van der Waals surface area contributed by atoms with Crippen molar-refractivity contribution in [3.05, 3.63) is 57.7 Å². The Morgan fingerprint density at radius 2 is 2.03 bits per heavy atom. The molecule has 0 saturated carbocycles. The monoisotopic (exact) mass is 460 g/mol. The molecule has 1 amide bonds. The fraction of sp³-hybridized carbons (Fsp3) is 0.409. The predicted octanol–water partition coefficient (Wildman–Crippen LogP) is 3.34. The van der Waals surface area contributed by atoms with E-state index in [1.54, 1.807) is 35.1 Å². The van der Waals surface area contributed by atoms with E-state index >= 15 is 0 Å². The third-order valence-electron chi connectivity index (χ3n) is 5.54. The number of carbonyl (C=O) groups is 1. The number of carbonyl (C=O) groups excluding carboxylic acids is 1. The van der Waals surface area contributed by atoms with Crippen molar-refractivity contribution in [2.75, 3.05) is 32.7 Å². The molecule has 1 aliphatic rings. The van der Waals surface area contributed by atoms with E-state index < -0.39 is 0 Å². The number of hydrogen-bond donors (Lipinski definition) is 0. The van der Waals surface area contributed by atoms with Crippen LogP contribution in [0.15, 0.2) is 51.0 Å². The van der Waals surface area contributed by atoms with E-state index in [9.17, 15) is 9.59 Å². The van der Waals surface area contributed by atoms with E-state index in [1.807, 2.05) is 17.9 Å². The van der Waals surface area contributed by atoms with Crippen LogP contribution in [0.2, 0.25) is 5.02 Å². The average molecular weight is 461 g/mol. The Bertz CT molecular complexity index is 1120. The highest BCUT2D eigenvalue weighted by Gasteiger charge is 2.27. The quantitative estimate of drug-likeness (QED) is 0.415. The van der Waals surface area contributed by atoms with Crippen molar-refractivity contribution in [3.63, 3.8) is 0 Å². The summed E-state index contributed by atoms with van der Waals surface area (Å²) in [6.07, 6.45) is 1.57. The lowest BCUT2D eigenvalue weighted by molar-refractivity contribution is -0.132. The maximum atomic E-state index is 13.2. The normalized spacial score (nSPS) is 16.0. The fourth-order valence-corrected chi connectivity index (χ4v) is 4.87. The third kappa shape index (κ3) is 4.81. The first-order chi connectivity index (χ1) is 15.0. The molecule has 1 fully saturated rings. The van der Waals surface area contributed by atoms with Crippen molar-refractivity contribution in [1.82, 2.24) is 19.4 Å². The number of rotatable bonds is 6. The highest BCUT2D eigenvalue weighted by molar-refractivity contribution is 8.00. The number of likely N-dealkylation sites (N-methyl/N-ethyl adjacent to an activating group) is 1. The molecular formula is C22H25ClN4O3S. The minimum absolute atomic E-state index is 0.0609. The van der Waals surface area contributed by atoms with Crippen LogP contribution in [0.3, 0.4) is 0 Å². The van der Waals surface area contributed by atoms with Crippen LogP contribution in [0.4, 0.5) is 0 Å². The van der Waals surface area contributed by atoms with Gasteiger partial charge in [0, 0.05) is 31.2 Å². The molecule has 31 heavy (non-hydrogen) atoms. The first-order valence-corrected chi connectivity index (χ1v) is 11.6. The molecule has 1 saturated heterocycles. The second kappa shape index (κ2) is 9.46. The van der Waals surface area contributed by atoms with Crippen LogP contribution in [0.5, 0.6) is 0 Å². The molecule has 7 nitrogen and oxygen atoms in total. The molecule has 0 bridgehead atoms. The van der Waals surface area contributed by atoms with Crippen LogP contribution in [0.1, 0.15) is 19.6 Å². The summed E-state index contributed by atoms with van der Waals surface area (Å²) in [7, 11) is 0. The number of benzene rings is 1. The predicted molar refractivity (Wildman–Crippen MR) is 123 cm³/mol. The van der Waals surface area contributed by atoms with E-state index in [0.29, 0.717) is 26.8 Å². The molecule has 4 rings (SSSR count). The molecule has 1 aliphatic heterocycles. The smallest absolute Gasteiger partial charge is 0.262 e. The summed E-state index contributed by atoms with van der Waals surface area (Å²) in [6.45, 7) is 8.45. The molecule has 3 aromatic rings. The van der Waals surface area contributed by atoms with E-state index in [2.05, 4.69) is 11.8 Å². The van der Waals surface area contributed by atoms with Crippen LogP contribution >= 0.6 is 23.4 Å². The molecule has 0 N–H and O–H groups in total. The van der Waals surface area contributed by atoms with Gasteiger partial charge in [0.1, 0.15) is 5.76 Å². The summed E-state index contributed by atoms with van der Waals surface area (Å²) in [5.41, 5.74) is 0.337. The second-order valence-electron chi connectivity index (χ2n) is 7.55. The Kier molecular flexibility index (Phi) is 6.69. The van der Waals surface area contributed by atoms with Gasteiger partial charge in [-0.15, -0.1) is 0 Å². The molecule has 2 aromatic heterocycles. The molecule has 3 heterocycles. The van der Waals surface area contributed by atoms with Gasteiger partial charge in [-0.3, -0.25) is 14.2 Å². The zero-order valence-corrected chi connectivity index (χ0v) is 19.2. The molecule has 0 spiro atoms. The van der Waals surface area contributed by atoms with E-state index in [1.165, 1.54) is 11.8 Å². The van der Waals surface area contributed by atoms with Gasteiger partial charge in [-0.25, -0.2) is 4.98 Å². The third-order valence-corrected chi connectivity index (χ3v) is 6.85. The number of piperazine rings is 1. The molecule has 0 radical (unpaired) electrons. The van der Waals surface area contributed by atoms with Crippen molar-refractivity contribution in [2.45, 2.75) is 30.8 Å². The van der Waals surface area contributed by atoms with Crippen LogP contribution in [-0.2, 0) is 11.3 Å². The lowest BCUT2D eigenvalue weighted by Gasteiger charge is -2.35. The van der Waals surface area contributed by atoms with Crippen molar-refractivity contribution >= 4 is 40.2 Å².